The molecule has 4 heteroatoms. The molecule has 0 spiro atoms. The molecule has 1 unspecified atom stereocenters. The molecule has 0 rings (SSSR count). The van der Waals surface area contributed by atoms with Crippen molar-refractivity contribution in [3.63, 3.8) is 0 Å². The summed E-state index contributed by atoms with van der Waals surface area (Å²) in [6.07, 6.45) is 4.62. The van der Waals surface area contributed by atoms with Gasteiger partial charge < -0.3 is 10.1 Å². The summed E-state index contributed by atoms with van der Waals surface area (Å²) in [4.78, 5) is 22.5. The van der Waals surface area contributed by atoms with E-state index in [1.165, 1.54) is 13.2 Å². The van der Waals surface area contributed by atoms with Crippen LogP contribution in [0.3, 0.4) is 0 Å². The fraction of sp³-hybridized carbons (Fsp3) is 0.667. The number of ether oxygens (including phenoxy) is 1. The molecule has 0 aliphatic carbocycles. The van der Waals surface area contributed by atoms with Gasteiger partial charge in [0, 0.05) is 6.08 Å². The van der Waals surface area contributed by atoms with E-state index in [0.717, 1.165) is 24.8 Å². The molecule has 0 aromatic heterocycles. The fourth-order valence-electron chi connectivity index (χ4n) is 1.24. The van der Waals surface area contributed by atoms with Crippen LogP contribution in [-0.2, 0) is 14.3 Å². The van der Waals surface area contributed by atoms with Crippen molar-refractivity contribution in [2.45, 2.75) is 46.1 Å². The second-order valence-corrected chi connectivity index (χ2v) is 3.85. The second-order valence-electron chi connectivity index (χ2n) is 3.85. The predicted octanol–water partition coefficient (Wildman–Crippen LogP) is 1.80. The summed E-state index contributed by atoms with van der Waals surface area (Å²) in [6, 6.07) is -0.604. The van der Waals surface area contributed by atoms with Crippen LogP contribution < -0.4 is 5.32 Å². The minimum absolute atomic E-state index is 0.244. The van der Waals surface area contributed by atoms with Crippen molar-refractivity contribution in [1.82, 2.24) is 5.32 Å². The van der Waals surface area contributed by atoms with Gasteiger partial charge in [-0.25, -0.2) is 4.79 Å². The molecule has 0 aromatic rings. The van der Waals surface area contributed by atoms with E-state index in [9.17, 15) is 9.59 Å². The molecule has 92 valence electrons. The average molecular weight is 227 g/mol. The number of amides is 1. The standard InChI is InChI=1S/C12H21NO3/c1-5-6-7-9(2)8-11(14)13-10(3)12(15)16-4/h8,10H,5-7H2,1-4H3,(H,13,14). The SMILES string of the molecule is CCCCC(C)=CC(=O)NC(C)C(=O)OC. The third kappa shape index (κ3) is 6.22. The Morgan fingerprint density at radius 1 is 1.44 bits per heavy atom. The third-order valence-electron chi connectivity index (χ3n) is 2.22. The monoisotopic (exact) mass is 227 g/mol. The highest BCUT2D eigenvalue weighted by molar-refractivity contribution is 5.91. The highest BCUT2D eigenvalue weighted by atomic mass is 16.5. The smallest absolute Gasteiger partial charge is 0.328 e. The summed E-state index contributed by atoms with van der Waals surface area (Å²) in [5.41, 5.74) is 1.02. The molecule has 0 fully saturated rings. The van der Waals surface area contributed by atoms with Gasteiger partial charge in [-0.15, -0.1) is 0 Å². The molecule has 0 heterocycles. The van der Waals surface area contributed by atoms with Crippen molar-refractivity contribution in [2.24, 2.45) is 0 Å². The number of unbranched alkanes of at least 4 members (excludes halogenated alkanes) is 1. The van der Waals surface area contributed by atoms with Crippen molar-refractivity contribution < 1.29 is 14.3 Å². The molecule has 4 nitrogen and oxygen atoms in total. The number of nitrogens with one attached hydrogen (secondary N) is 1. The molecule has 1 N–H and O–H groups in total. The molecule has 0 saturated heterocycles. The van der Waals surface area contributed by atoms with Gasteiger partial charge in [-0.2, -0.15) is 0 Å². The van der Waals surface area contributed by atoms with Gasteiger partial charge >= 0.3 is 5.97 Å². The predicted molar refractivity (Wildman–Crippen MR) is 62.9 cm³/mol. The number of carbonyl (C=O) groups is 2. The minimum Gasteiger partial charge on any atom is -0.467 e. The van der Waals surface area contributed by atoms with Crippen LogP contribution in [0.4, 0.5) is 0 Å². The Morgan fingerprint density at radius 2 is 2.06 bits per heavy atom. The molecule has 1 atom stereocenters. The van der Waals surface area contributed by atoms with Gasteiger partial charge in [0.25, 0.3) is 0 Å². The number of hydrogen-bond donors (Lipinski definition) is 1. The van der Waals surface area contributed by atoms with E-state index in [-0.39, 0.29) is 5.91 Å². The topological polar surface area (TPSA) is 55.4 Å². The van der Waals surface area contributed by atoms with Crippen molar-refractivity contribution in [3.05, 3.63) is 11.6 Å². The lowest BCUT2D eigenvalue weighted by Crippen LogP contribution is -2.38. The number of methoxy groups -OCH3 is 1. The van der Waals surface area contributed by atoms with Gasteiger partial charge in [-0.05, 0) is 26.7 Å². The van der Waals surface area contributed by atoms with E-state index in [1.807, 2.05) is 6.92 Å². The maximum absolute atomic E-state index is 11.5. The van der Waals surface area contributed by atoms with Crippen LogP contribution in [0, 0.1) is 0 Å². The zero-order chi connectivity index (χ0) is 12.6. The Labute approximate surface area is 97.1 Å². The van der Waals surface area contributed by atoms with Gasteiger partial charge in [-0.1, -0.05) is 18.9 Å². The molecule has 0 bridgehead atoms. The van der Waals surface area contributed by atoms with Crippen molar-refractivity contribution in [3.8, 4) is 0 Å². The lowest BCUT2D eigenvalue weighted by atomic mass is 10.1. The van der Waals surface area contributed by atoms with Gasteiger partial charge in [0.15, 0.2) is 0 Å². The molecule has 16 heavy (non-hydrogen) atoms. The Morgan fingerprint density at radius 3 is 2.56 bits per heavy atom. The van der Waals surface area contributed by atoms with E-state index in [4.69, 9.17) is 0 Å². The molecular formula is C12H21NO3. The van der Waals surface area contributed by atoms with Gasteiger partial charge in [0.1, 0.15) is 6.04 Å². The lowest BCUT2D eigenvalue weighted by Gasteiger charge is -2.10. The third-order valence-corrected chi connectivity index (χ3v) is 2.22. The molecule has 1 amide bonds. The van der Waals surface area contributed by atoms with E-state index < -0.39 is 12.0 Å². The normalized spacial score (nSPS) is 13.1. The Kier molecular flexibility index (Phi) is 7.25. The lowest BCUT2D eigenvalue weighted by molar-refractivity contribution is -0.144. The first-order valence-electron chi connectivity index (χ1n) is 5.56. The van der Waals surface area contributed by atoms with E-state index in [0.29, 0.717) is 0 Å². The molecule has 0 saturated carbocycles. The largest absolute Gasteiger partial charge is 0.467 e. The molecule has 0 aromatic carbocycles. The zero-order valence-corrected chi connectivity index (χ0v) is 10.5. The zero-order valence-electron chi connectivity index (χ0n) is 10.5. The summed E-state index contributed by atoms with van der Waals surface area (Å²) in [5.74, 6) is -0.681. The first-order valence-corrected chi connectivity index (χ1v) is 5.56. The first kappa shape index (κ1) is 14.7. The van der Waals surface area contributed by atoms with E-state index in [2.05, 4.69) is 17.0 Å². The van der Waals surface area contributed by atoms with Crippen molar-refractivity contribution in [1.29, 1.82) is 0 Å². The minimum atomic E-state index is -0.604. The average Bonchev–Trinajstić information content (AvgIpc) is 2.24. The maximum Gasteiger partial charge on any atom is 0.328 e. The number of allylic oxidation sites excluding steroid dienone is 1. The van der Waals surface area contributed by atoms with Gasteiger partial charge in [0.2, 0.25) is 5.91 Å². The van der Waals surface area contributed by atoms with E-state index in [1.54, 1.807) is 6.92 Å². The van der Waals surface area contributed by atoms with Crippen molar-refractivity contribution >= 4 is 11.9 Å². The van der Waals surface area contributed by atoms with Crippen LogP contribution in [0.5, 0.6) is 0 Å². The molecule has 0 aliphatic heterocycles. The fourth-order valence-corrected chi connectivity index (χ4v) is 1.24. The maximum atomic E-state index is 11.5. The first-order chi connectivity index (χ1) is 7.51. The quantitative estimate of drug-likeness (QED) is 0.556. The van der Waals surface area contributed by atoms with Crippen LogP contribution in [-0.4, -0.2) is 25.0 Å². The van der Waals surface area contributed by atoms with Crippen molar-refractivity contribution in [2.75, 3.05) is 7.11 Å². The highest BCUT2D eigenvalue weighted by Crippen LogP contribution is 2.05. The number of hydrogen-bond acceptors (Lipinski definition) is 3. The summed E-state index contributed by atoms with van der Waals surface area (Å²) < 4.78 is 4.51. The van der Waals surface area contributed by atoms with Crippen LogP contribution in [0.25, 0.3) is 0 Å². The summed E-state index contributed by atoms with van der Waals surface area (Å²) in [5, 5.41) is 2.55. The number of esters is 1. The van der Waals surface area contributed by atoms with Crippen LogP contribution in [0.1, 0.15) is 40.0 Å². The van der Waals surface area contributed by atoms with Gasteiger partial charge in [0.05, 0.1) is 7.11 Å². The molecular weight excluding hydrogens is 206 g/mol. The Balaban J connectivity index is 4.11. The van der Waals surface area contributed by atoms with Crippen LogP contribution in [0.2, 0.25) is 0 Å². The summed E-state index contributed by atoms with van der Waals surface area (Å²) in [7, 11) is 1.30. The second kappa shape index (κ2) is 7.91. The Hall–Kier alpha value is -1.32. The summed E-state index contributed by atoms with van der Waals surface area (Å²) >= 11 is 0. The van der Waals surface area contributed by atoms with Gasteiger partial charge in [-0.3, -0.25) is 4.79 Å². The van der Waals surface area contributed by atoms with Crippen LogP contribution >= 0.6 is 0 Å². The molecule has 0 radical (unpaired) electrons. The molecule has 0 aliphatic rings. The van der Waals surface area contributed by atoms with Crippen LogP contribution in [0.15, 0.2) is 11.6 Å². The van der Waals surface area contributed by atoms with E-state index >= 15 is 0 Å². The number of rotatable bonds is 6. The number of carbonyl (C=O) groups excluding carboxylic acids is 2. The highest BCUT2D eigenvalue weighted by Gasteiger charge is 2.14. The summed E-state index contributed by atoms with van der Waals surface area (Å²) in [6.45, 7) is 5.61. The Bertz CT molecular complexity index is 271.